The summed E-state index contributed by atoms with van der Waals surface area (Å²) in [4.78, 5) is 37.6. The van der Waals surface area contributed by atoms with Gasteiger partial charge in [-0.3, -0.25) is 14.4 Å². The molecule has 0 radical (unpaired) electrons. The van der Waals surface area contributed by atoms with Crippen molar-refractivity contribution in [2.24, 2.45) is 0 Å². The van der Waals surface area contributed by atoms with Crippen LogP contribution in [0.25, 0.3) is 0 Å². The van der Waals surface area contributed by atoms with Gasteiger partial charge in [0, 0.05) is 19.3 Å². The molecule has 0 aromatic heterocycles. The van der Waals surface area contributed by atoms with Gasteiger partial charge >= 0.3 is 17.9 Å². The third kappa shape index (κ3) is 15.5. The molecule has 1 aliphatic rings. The van der Waals surface area contributed by atoms with Crippen molar-refractivity contribution in [1.82, 2.24) is 0 Å². The van der Waals surface area contributed by atoms with Crippen molar-refractivity contribution >= 4 is 17.9 Å². The predicted octanol–water partition coefficient (Wildman–Crippen LogP) is 6.83. The summed E-state index contributed by atoms with van der Waals surface area (Å²) in [7, 11) is 0. The first-order chi connectivity index (χ1) is 17.5. The quantitative estimate of drug-likeness (QED) is 0.0945. The Balaban J connectivity index is 2.65. The Hall–Kier alpha value is -1.63. The van der Waals surface area contributed by atoms with Crippen molar-refractivity contribution in [1.29, 1.82) is 0 Å². The number of ether oxygens (including phenoxy) is 4. The average Bonchev–Trinajstić information content (AvgIpc) is 2.85. The summed E-state index contributed by atoms with van der Waals surface area (Å²) in [5, 5.41) is 0. The van der Waals surface area contributed by atoms with E-state index in [0.717, 1.165) is 96.3 Å². The number of carbonyl (C=O) groups is 3. The normalized spacial score (nSPS) is 19.6. The van der Waals surface area contributed by atoms with Crippen LogP contribution >= 0.6 is 0 Å². The minimum atomic E-state index is -0.838. The molecule has 210 valence electrons. The standard InChI is InChI=1S/C29H52O7/c1-4-7-10-13-16-19-26(30)34-24-22-33-23-25(35-27(31)20-17-14-11-8-5-2)29(24)36-28(32)21-18-15-12-9-6-3/h24-25,29H,4-23H2,1-3H3/t24-,25+,29?. The molecule has 3 atom stereocenters. The summed E-state index contributed by atoms with van der Waals surface area (Å²) >= 11 is 0. The number of hydrogen-bond donors (Lipinski definition) is 0. The zero-order valence-electron chi connectivity index (χ0n) is 23.2. The first-order valence-corrected chi connectivity index (χ1v) is 14.7. The van der Waals surface area contributed by atoms with Crippen molar-refractivity contribution in [3.05, 3.63) is 0 Å². The lowest BCUT2D eigenvalue weighted by molar-refractivity contribution is -0.211. The summed E-state index contributed by atoms with van der Waals surface area (Å²) in [6, 6.07) is 0. The fraction of sp³-hybridized carbons (Fsp3) is 0.897. The molecule has 0 saturated carbocycles. The summed E-state index contributed by atoms with van der Waals surface area (Å²) in [6.45, 7) is 6.71. The maximum absolute atomic E-state index is 12.6. The van der Waals surface area contributed by atoms with Crippen molar-refractivity contribution < 1.29 is 33.3 Å². The fourth-order valence-electron chi connectivity index (χ4n) is 4.37. The smallest absolute Gasteiger partial charge is 0.306 e. The molecule has 0 aromatic rings. The highest BCUT2D eigenvalue weighted by atomic mass is 16.6. The van der Waals surface area contributed by atoms with E-state index in [1.807, 2.05) is 0 Å². The van der Waals surface area contributed by atoms with E-state index >= 15 is 0 Å². The molecule has 7 heteroatoms. The zero-order chi connectivity index (χ0) is 26.4. The number of carbonyl (C=O) groups excluding carboxylic acids is 3. The van der Waals surface area contributed by atoms with Crippen LogP contribution in [0.3, 0.4) is 0 Å². The van der Waals surface area contributed by atoms with E-state index < -0.39 is 18.3 Å². The van der Waals surface area contributed by atoms with Crippen LogP contribution in [-0.2, 0) is 33.3 Å². The van der Waals surface area contributed by atoms with Crippen LogP contribution in [0.15, 0.2) is 0 Å². The van der Waals surface area contributed by atoms with Crippen LogP contribution in [0.2, 0.25) is 0 Å². The van der Waals surface area contributed by atoms with Gasteiger partial charge in [-0.05, 0) is 19.3 Å². The van der Waals surface area contributed by atoms with Gasteiger partial charge in [0.05, 0.1) is 13.2 Å². The minimum Gasteiger partial charge on any atom is -0.456 e. The molecule has 0 amide bonds. The lowest BCUT2D eigenvalue weighted by Crippen LogP contribution is -2.53. The van der Waals surface area contributed by atoms with Gasteiger partial charge in [-0.2, -0.15) is 0 Å². The summed E-state index contributed by atoms with van der Waals surface area (Å²) in [5.74, 6) is -1.01. The highest BCUT2D eigenvalue weighted by Gasteiger charge is 2.41. The van der Waals surface area contributed by atoms with Crippen LogP contribution in [0, 0.1) is 0 Å². The third-order valence-electron chi connectivity index (χ3n) is 6.58. The Morgan fingerprint density at radius 1 is 0.528 bits per heavy atom. The molecule has 0 aliphatic carbocycles. The lowest BCUT2D eigenvalue weighted by atomic mass is 10.1. The largest absolute Gasteiger partial charge is 0.456 e. The van der Waals surface area contributed by atoms with Crippen molar-refractivity contribution in [3.8, 4) is 0 Å². The Labute approximate surface area is 219 Å². The van der Waals surface area contributed by atoms with E-state index in [2.05, 4.69) is 20.8 Å². The second-order valence-electron chi connectivity index (χ2n) is 10.0. The molecule has 1 aliphatic heterocycles. The molecule has 1 heterocycles. The molecule has 7 nitrogen and oxygen atoms in total. The third-order valence-corrected chi connectivity index (χ3v) is 6.58. The van der Waals surface area contributed by atoms with E-state index in [-0.39, 0.29) is 31.1 Å². The second kappa shape index (κ2) is 21.5. The predicted molar refractivity (Wildman–Crippen MR) is 141 cm³/mol. The molecule has 1 rings (SSSR count). The van der Waals surface area contributed by atoms with Crippen LogP contribution in [0.5, 0.6) is 0 Å². The number of rotatable bonds is 21. The SMILES string of the molecule is CCCCCCCC(=O)OC1[C@@H](OC(=O)CCCCCCC)COC[C@H]1OC(=O)CCCCCCC. The van der Waals surface area contributed by atoms with Gasteiger partial charge < -0.3 is 18.9 Å². The minimum absolute atomic E-state index is 0.126. The van der Waals surface area contributed by atoms with Gasteiger partial charge in [-0.15, -0.1) is 0 Å². The number of hydrogen-bond acceptors (Lipinski definition) is 7. The molecular formula is C29H52O7. The Morgan fingerprint density at radius 3 is 1.22 bits per heavy atom. The van der Waals surface area contributed by atoms with Crippen LogP contribution in [0.4, 0.5) is 0 Å². The number of esters is 3. The summed E-state index contributed by atoms with van der Waals surface area (Å²) in [5.41, 5.74) is 0. The summed E-state index contributed by atoms with van der Waals surface area (Å²) < 4.78 is 22.7. The summed E-state index contributed by atoms with van der Waals surface area (Å²) in [6.07, 6.45) is 14.0. The van der Waals surface area contributed by atoms with Crippen LogP contribution in [0.1, 0.15) is 136 Å². The maximum Gasteiger partial charge on any atom is 0.306 e. The number of unbranched alkanes of at least 4 members (excludes halogenated alkanes) is 12. The van der Waals surface area contributed by atoms with Gasteiger partial charge in [0.2, 0.25) is 0 Å². The van der Waals surface area contributed by atoms with Crippen molar-refractivity contribution in [2.45, 2.75) is 155 Å². The molecule has 0 aromatic carbocycles. The molecule has 1 saturated heterocycles. The highest BCUT2D eigenvalue weighted by Crippen LogP contribution is 2.22. The van der Waals surface area contributed by atoms with Crippen molar-refractivity contribution in [2.75, 3.05) is 13.2 Å². The molecule has 1 unspecified atom stereocenters. The molecule has 0 spiro atoms. The lowest BCUT2D eigenvalue weighted by Gasteiger charge is -2.36. The maximum atomic E-state index is 12.6. The second-order valence-corrected chi connectivity index (χ2v) is 10.0. The van der Waals surface area contributed by atoms with Crippen LogP contribution in [-0.4, -0.2) is 49.4 Å². The zero-order valence-corrected chi connectivity index (χ0v) is 23.2. The van der Waals surface area contributed by atoms with E-state index in [1.165, 1.54) is 0 Å². The first kappa shape index (κ1) is 32.4. The first-order valence-electron chi connectivity index (χ1n) is 14.7. The van der Waals surface area contributed by atoms with E-state index in [9.17, 15) is 14.4 Å². The van der Waals surface area contributed by atoms with Gasteiger partial charge in [0.1, 0.15) is 0 Å². The van der Waals surface area contributed by atoms with E-state index in [4.69, 9.17) is 18.9 Å². The molecular weight excluding hydrogens is 460 g/mol. The molecule has 36 heavy (non-hydrogen) atoms. The molecule has 0 bridgehead atoms. The van der Waals surface area contributed by atoms with Crippen LogP contribution < -0.4 is 0 Å². The molecule has 1 fully saturated rings. The Kier molecular flexibility index (Phi) is 19.3. The average molecular weight is 513 g/mol. The van der Waals surface area contributed by atoms with E-state index in [1.54, 1.807) is 0 Å². The topological polar surface area (TPSA) is 88.1 Å². The molecule has 0 N–H and O–H groups in total. The highest BCUT2D eigenvalue weighted by molar-refractivity contribution is 5.71. The van der Waals surface area contributed by atoms with Crippen molar-refractivity contribution in [3.63, 3.8) is 0 Å². The van der Waals surface area contributed by atoms with Gasteiger partial charge in [0.15, 0.2) is 18.3 Å². The Bertz CT molecular complexity index is 556. The van der Waals surface area contributed by atoms with E-state index in [0.29, 0.717) is 19.3 Å². The van der Waals surface area contributed by atoms with Gasteiger partial charge in [-0.25, -0.2) is 0 Å². The van der Waals surface area contributed by atoms with Gasteiger partial charge in [0.25, 0.3) is 0 Å². The Morgan fingerprint density at radius 2 is 0.861 bits per heavy atom. The van der Waals surface area contributed by atoms with Gasteiger partial charge in [-0.1, -0.05) is 97.8 Å². The fourth-order valence-corrected chi connectivity index (χ4v) is 4.37. The monoisotopic (exact) mass is 512 g/mol.